The van der Waals surface area contributed by atoms with Gasteiger partial charge in [-0.05, 0) is 45.8 Å². The zero-order valence-corrected chi connectivity index (χ0v) is 15.9. The number of thiophene rings is 1. The zero-order valence-electron chi connectivity index (χ0n) is 12.7. The van der Waals surface area contributed by atoms with Gasteiger partial charge in [0.1, 0.15) is 0 Å². The molecule has 0 aliphatic heterocycles. The van der Waals surface area contributed by atoms with Crippen LogP contribution in [0.25, 0.3) is 16.6 Å². The number of carbonyl (C=O) groups excluding carboxylic acids is 1. The van der Waals surface area contributed by atoms with E-state index in [2.05, 4.69) is 36.7 Å². The molecule has 0 bridgehead atoms. The minimum absolute atomic E-state index is 0.250. The van der Waals surface area contributed by atoms with Gasteiger partial charge >= 0.3 is 0 Å². The molecular weight excluding hydrogens is 424 g/mol. The van der Waals surface area contributed by atoms with Crippen LogP contribution in [0.5, 0.6) is 0 Å². The van der Waals surface area contributed by atoms with Gasteiger partial charge in [-0.25, -0.2) is 5.43 Å². The average molecular weight is 436 g/mol. The van der Waals surface area contributed by atoms with Gasteiger partial charge in [0, 0.05) is 4.48 Å². The number of halogens is 2. The van der Waals surface area contributed by atoms with E-state index < -0.39 is 5.91 Å². The maximum absolute atomic E-state index is 12.1. The minimum Gasteiger partial charge on any atom is -0.276 e. The van der Waals surface area contributed by atoms with E-state index in [0.717, 1.165) is 20.6 Å². The molecule has 2 N–H and O–H groups in total. The highest BCUT2D eigenvalue weighted by molar-refractivity contribution is 9.12. The molecule has 5 nitrogen and oxygen atoms in total. The smallest absolute Gasteiger partial charge is 0.276 e. The van der Waals surface area contributed by atoms with Gasteiger partial charge in [-0.15, -0.1) is 11.3 Å². The number of hydrogen-bond donors (Lipinski definition) is 2. The van der Waals surface area contributed by atoms with Crippen LogP contribution in [0, 0.1) is 0 Å². The minimum atomic E-state index is -0.401. The number of amides is 1. The quantitative estimate of drug-likeness (QED) is 0.440. The van der Waals surface area contributed by atoms with E-state index >= 15 is 0 Å². The molecule has 0 spiro atoms. The van der Waals surface area contributed by atoms with Gasteiger partial charge in [-0.2, -0.15) is 10.2 Å². The molecular formula is C17H12BrClN4OS. The molecule has 1 aromatic carbocycles. The second-order valence-corrected chi connectivity index (χ2v) is 7.54. The predicted molar refractivity (Wildman–Crippen MR) is 106 cm³/mol. The lowest BCUT2D eigenvalue weighted by molar-refractivity contribution is 0.0950. The molecule has 0 aliphatic carbocycles. The van der Waals surface area contributed by atoms with Crippen LogP contribution in [-0.2, 0) is 0 Å². The van der Waals surface area contributed by atoms with Crippen LogP contribution in [-0.4, -0.2) is 22.3 Å². The van der Waals surface area contributed by atoms with Crippen molar-refractivity contribution in [1.82, 2.24) is 15.6 Å². The van der Waals surface area contributed by atoms with E-state index in [9.17, 15) is 4.79 Å². The highest BCUT2D eigenvalue weighted by Gasteiger charge is 2.11. The highest BCUT2D eigenvalue weighted by atomic mass is 79.9. The maximum Gasteiger partial charge on any atom is 0.291 e. The number of nitrogens with zero attached hydrogens (tertiary/aromatic N) is 2. The Morgan fingerprint density at radius 3 is 2.80 bits per heavy atom. The number of aromatic amines is 1. The van der Waals surface area contributed by atoms with Crippen LogP contribution in [0.4, 0.5) is 0 Å². The second kappa shape index (κ2) is 8.24. The molecule has 3 aromatic rings. The fourth-order valence-electron chi connectivity index (χ4n) is 1.98. The SMILES string of the molecule is O=C(NN=CC(Br)=Cc1ccccc1)c1cc(-c2ccc(Cl)s2)[nH]n1. The molecule has 25 heavy (non-hydrogen) atoms. The van der Waals surface area contributed by atoms with Crippen molar-refractivity contribution in [3.63, 3.8) is 0 Å². The number of hydrogen-bond acceptors (Lipinski definition) is 4. The third-order valence-electron chi connectivity index (χ3n) is 3.11. The molecule has 0 saturated heterocycles. The summed E-state index contributed by atoms with van der Waals surface area (Å²) in [5.41, 5.74) is 4.45. The summed E-state index contributed by atoms with van der Waals surface area (Å²) in [7, 11) is 0. The summed E-state index contributed by atoms with van der Waals surface area (Å²) in [6.45, 7) is 0. The molecule has 0 unspecified atom stereocenters. The number of nitrogens with one attached hydrogen (secondary N) is 2. The fourth-order valence-corrected chi connectivity index (χ4v) is 3.35. The number of hydrazone groups is 1. The largest absolute Gasteiger partial charge is 0.291 e. The van der Waals surface area contributed by atoms with Gasteiger partial charge < -0.3 is 0 Å². The standard InChI is InChI=1S/C17H12BrClN4OS/c18-12(8-11-4-2-1-3-5-11)10-20-23-17(24)14-9-13(21-22-14)15-6-7-16(19)25-15/h1-10H,(H,21,22)(H,23,24). The van der Waals surface area contributed by atoms with Crippen molar-refractivity contribution >= 4 is 57.1 Å². The first-order chi connectivity index (χ1) is 12.1. The molecule has 1 amide bonds. The number of aromatic nitrogens is 2. The van der Waals surface area contributed by atoms with Crippen LogP contribution in [0.2, 0.25) is 4.34 Å². The Bertz CT molecular complexity index is 933. The van der Waals surface area contributed by atoms with Gasteiger partial charge in [-0.3, -0.25) is 9.89 Å². The number of carbonyl (C=O) groups is 1. The Labute approximate surface area is 161 Å². The number of benzene rings is 1. The normalized spacial score (nSPS) is 11.8. The predicted octanol–water partition coefficient (Wildman–Crippen LogP) is 4.94. The number of H-pyrrole nitrogens is 1. The van der Waals surface area contributed by atoms with Crippen molar-refractivity contribution in [1.29, 1.82) is 0 Å². The molecule has 2 aromatic heterocycles. The third-order valence-corrected chi connectivity index (χ3v) is 4.81. The van der Waals surface area contributed by atoms with E-state index in [1.54, 1.807) is 12.1 Å². The van der Waals surface area contributed by atoms with Crippen molar-refractivity contribution in [3.05, 3.63) is 68.6 Å². The topological polar surface area (TPSA) is 70.1 Å². The molecule has 0 fully saturated rings. The number of allylic oxidation sites excluding steroid dienone is 1. The first-order valence-corrected chi connectivity index (χ1v) is 9.17. The highest BCUT2D eigenvalue weighted by Crippen LogP contribution is 2.29. The lowest BCUT2D eigenvalue weighted by atomic mass is 10.2. The van der Waals surface area contributed by atoms with Crippen LogP contribution in [0.15, 0.2) is 58.1 Å². The summed E-state index contributed by atoms with van der Waals surface area (Å²) < 4.78 is 1.41. The maximum atomic E-state index is 12.1. The van der Waals surface area contributed by atoms with Crippen LogP contribution in [0.1, 0.15) is 16.1 Å². The lowest BCUT2D eigenvalue weighted by Crippen LogP contribution is -2.17. The van der Waals surface area contributed by atoms with Gasteiger partial charge in [0.2, 0.25) is 0 Å². The number of rotatable bonds is 5. The molecule has 0 saturated carbocycles. The third kappa shape index (κ3) is 4.88. The van der Waals surface area contributed by atoms with E-state index in [1.807, 2.05) is 42.5 Å². The Morgan fingerprint density at radius 1 is 1.28 bits per heavy atom. The molecule has 0 aliphatic rings. The lowest BCUT2D eigenvalue weighted by Gasteiger charge is -1.95. The van der Waals surface area contributed by atoms with Crippen molar-refractivity contribution in [2.45, 2.75) is 0 Å². The van der Waals surface area contributed by atoms with Crippen molar-refractivity contribution < 1.29 is 4.79 Å². The van der Waals surface area contributed by atoms with Gasteiger partial charge in [0.05, 0.1) is 21.1 Å². The average Bonchev–Trinajstić information content (AvgIpc) is 3.24. The van der Waals surface area contributed by atoms with Gasteiger partial charge in [-0.1, -0.05) is 41.9 Å². The Morgan fingerprint density at radius 2 is 2.08 bits per heavy atom. The molecule has 8 heteroatoms. The first-order valence-electron chi connectivity index (χ1n) is 7.18. The van der Waals surface area contributed by atoms with Crippen LogP contribution >= 0.6 is 38.9 Å². The van der Waals surface area contributed by atoms with E-state index in [0.29, 0.717) is 4.34 Å². The molecule has 3 rings (SSSR count). The van der Waals surface area contributed by atoms with Gasteiger partial charge in [0.15, 0.2) is 5.69 Å². The van der Waals surface area contributed by atoms with E-state index in [4.69, 9.17) is 11.6 Å². The monoisotopic (exact) mass is 434 g/mol. The molecule has 126 valence electrons. The second-order valence-electron chi connectivity index (χ2n) is 4.91. The summed E-state index contributed by atoms with van der Waals surface area (Å²) in [5, 5.41) is 10.7. The van der Waals surface area contributed by atoms with Crippen molar-refractivity contribution in [2.24, 2.45) is 5.10 Å². The van der Waals surface area contributed by atoms with Crippen molar-refractivity contribution in [3.8, 4) is 10.6 Å². The molecule has 0 atom stereocenters. The Kier molecular flexibility index (Phi) is 5.80. The summed E-state index contributed by atoms with van der Waals surface area (Å²) in [6, 6.07) is 15.1. The Hall–Kier alpha value is -2.22. The van der Waals surface area contributed by atoms with Gasteiger partial charge in [0.25, 0.3) is 5.91 Å². The summed E-state index contributed by atoms with van der Waals surface area (Å²) in [4.78, 5) is 13.0. The van der Waals surface area contributed by atoms with E-state index in [-0.39, 0.29) is 5.69 Å². The zero-order chi connectivity index (χ0) is 17.6. The van der Waals surface area contributed by atoms with E-state index in [1.165, 1.54) is 17.6 Å². The summed E-state index contributed by atoms with van der Waals surface area (Å²) >= 11 is 10.7. The molecule has 2 heterocycles. The van der Waals surface area contributed by atoms with Crippen molar-refractivity contribution in [2.75, 3.05) is 0 Å². The van der Waals surface area contributed by atoms with Crippen LogP contribution < -0.4 is 5.43 Å². The van der Waals surface area contributed by atoms with Crippen LogP contribution in [0.3, 0.4) is 0 Å². The first kappa shape index (κ1) is 17.6. The molecule has 0 radical (unpaired) electrons. The summed E-state index contributed by atoms with van der Waals surface area (Å²) in [6.07, 6.45) is 3.40. The summed E-state index contributed by atoms with van der Waals surface area (Å²) in [5.74, 6) is -0.401. The fraction of sp³-hybridized carbons (Fsp3) is 0. The Balaban J connectivity index is 1.61.